The number of hydrogen-bond donors (Lipinski definition) is 0. The standard InChI is InChI=1S/C19H29FN2O2/c1-4-12-22(13-5-2)19(24)11-15-21(16(3)23)14-10-17-6-8-18(20)9-7-17/h6-9H,4-5,10-15H2,1-3H3. The molecule has 0 unspecified atom stereocenters. The van der Waals surface area contributed by atoms with Crippen LogP contribution in [0.5, 0.6) is 0 Å². The Hall–Kier alpha value is -1.91. The van der Waals surface area contributed by atoms with Gasteiger partial charge < -0.3 is 9.80 Å². The third-order valence-electron chi connectivity index (χ3n) is 3.96. The van der Waals surface area contributed by atoms with Gasteiger partial charge in [-0.25, -0.2) is 4.39 Å². The van der Waals surface area contributed by atoms with Gasteiger partial charge in [0.1, 0.15) is 5.82 Å². The molecule has 0 fully saturated rings. The summed E-state index contributed by atoms with van der Waals surface area (Å²) in [7, 11) is 0. The maximum atomic E-state index is 12.9. The second-order valence-corrected chi connectivity index (χ2v) is 6.01. The monoisotopic (exact) mass is 336 g/mol. The van der Waals surface area contributed by atoms with E-state index in [9.17, 15) is 14.0 Å². The molecule has 24 heavy (non-hydrogen) atoms. The zero-order chi connectivity index (χ0) is 17.9. The number of halogens is 1. The minimum Gasteiger partial charge on any atom is -0.343 e. The number of hydrogen-bond acceptors (Lipinski definition) is 2. The van der Waals surface area contributed by atoms with Gasteiger partial charge in [0.2, 0.25) is 11.8 Å². The zero-order valence-electron chi connectivity index (χ0n) is 15.1. The molecule has 0 N–H and O–H groups in total. The Morgan fingerprint density at radius 2 is 1.50 bits per heavy atom. The van der Waals surface area contributed by atoms with Crippen LogP contribution in [-0.4, -0.2) is 47.8 Å². The second-order valence-electron chi connectivity index (χ2n) is 6.01. The Labute approximate surface area is 144 Å². The molecule has 0 aliphatic heterocycles. The molecule has 0 heterocycles. The SMILES string of the molecule is CCCN(CCC)C(=O)CCN(CCc1ccc(F)cc1)C(C)=O. The highest BCUT2D eigenvalue weighted by Crippen LogP contribution is 2.06. The molecule has 0 aliphatic carbocycles. The number of carbonyl (C=O) groups is 2. The molecule has 0 bridgehead atoms. The summed E-state index contributed by atoms with van der Waals surface area (Å²) >= 11 is 0. The van der Waals surface area contributed by atoms with Crippen molar-refractivity contribution in [2.75, 3.05) is 26.2 Å². The Bertz CT molecular complexity index is 511. The van der Waals surface area contributed by atoms with Crippen molar-refractivity contribution in [3.8, 4) is 0 Å². The summed E-state index contributed by atoms with van der Waals surface area (Å²) in [5, 5.41) is 0. The summed E-state index contributed by atoms with van der Waals surface area (Å²) in [5.41, 5.74) is 0.979. The molecule has 0 saturated carbocycles. The van der Waals surface area contributed by atoms with E-state index in [-0.39, 0.29) is 17.6 Å². The van der Waals surface area contributed by atoms with E-state index >= 15 is 0 Å². The third-order valence-corrected chi connectivity index (χ3v) is 3.96. The first kappa shape index (κ1) is 20.1. The number of rotatable bonds is 10. The van der Waals surface area contributed by atoms with Crippen molar-refractivity contribution in [2.45, 2.75) is 46.5 Å². The first-order chi connectivity index (χ1) is 11.5. The van der Waals surface area contributed by atoms with Crippen LogP contribution in [0.4, 0.5) is 4.39 Å². The third kappa shape index (κ3) is 7.11. The molecule has 4 nitrogen and oxygen atoms in total. The molecular formula is C19H29FN2O2. The molecule has 0 aliphatic rings. The van der Waals surface area contributed by atoms with Crippen LogP contribution < -0.4 is 0 Å². The van der Waals surface area contributed by atoms with E-state index in [0.29, 0.717) is 25.9 Å². The van der Waals surface area contributed by atoms with Gasteiger partial charge in [-0.05, 0) is 37.0 Å². The van der Waals surface area contributed by atoms with Gasteiger partial charge in [0, 0.05) is 39.5 Å². The molecule has 0 aromatic heterocycles. The van der Waals surface area contributed by atoms with Crippen molar-refractivity contribution in [1.29, 1.82) is 0 Å². The average Bonchev–Trinajstić information content (AvgIpc) is 2.55. The minimum absolute atomic E-state index is 0.0394. The summed E-state index contributed by atoms with van der Waals surface area (Å²) in [6.07, 6.45) is 2.88. The average molecular weight is 336 g/mol. The summed E-state index contributed by atoms with van der Waals surface area (Å²) in [4.78, 5) is 27.7. The van der Waals surface area contributed by atoms with Crippen LogP contribution in [0.1, 0.15) is 45.6 Å². The highest BCUT2D eigenvalue weighted by Gasteiger charge is 2.15. The van der Waals surface area contributed by atoms with Gasteiger partial charge in [0.15, 0.2) is 0 Å². The molecule has 0 spiro atoms. The van der Waals surface area contributed by atoms with E-state index in [1.54, 1.807) is 17.0 Å². The lowest BCUT2D eigenvalue weighted by Crippen LogP contribution is -2.37. The van der Waals surface area contributed by atoms with Crippen LogP contribution in [0.15, 0.2) is 24.3 Å². The van der Waals surface area contributed by atoms with E-state index in [0.717, 1.165) is 31.5 Å². The minimum atomic E-state index is -0.264. The molecule has 5 heteroatoms. The zero-order valence-corrected chi connectivity index (χ0v) is 15.1. The number of nitrogens with zero attached hydrogens (tertiary/aromatic N) is 2. The van der Waals surface area contributed by atoms with Crippen molar-refractivity contribution >= 4 is 11.8 Å². The quantitative estimate of drug-likeness (QED) is 0.658. The molecule has 0 saturated heterocycles. The highest BCUT2D eigenvalue weighted by atomic mass is 19.1. The van der Waals surface area contributed by atoms with E-state index < -0.39 is 0 Å². The Morgan fingerprint density at radius 3 is 2.00 bits per heavy atom. The van der Waals surface area contributed by atoms with Crippen LogP contribution in [0.2, 0.25) is 0 Å². The van der Waals surface area contributed by atoms with Gasteiger partial charge in [-0.15, -0.1) is 0 Å². The first-order valence-corrected chi connectivity index (χ1v) is 8.75. The predicted octanol–water partition coefficient (Wildman–Crippen LogP) is 3.26. The van der Waals surface area contributed by atoms with Crippen molar-refractivity contribution in [2.24, 2.45) is 0 Å². The Morgan fingerprint density at radius 1 is 0.917 bits per heavy atom. The van der Waals surface area contributed by atoms with Crippen LogP contribution in [0.3, 0.4) is 0 Å². The van der Waals surface area contributed by atoms with E-state index in [4.69, 9.17) is 0 Å². The molecule has 2 amide bonds. The van der Waals surface area contributed by atoms with Crippen LogP contribution >= 0.6 is 0 Å². The summed E-state index contributed by atoms with van der Waals surface area (Å²) in [5.74, 6) is -0.200. The molecular weight excluding hydrogens is 307 g/mol. The fourth-order valence-electron chi connectivity index (χ4n) is 2.63. The maximum absolute atomic E-state index is 12.9. The fraction of sp³-hybridized carbons (Fsp3) is 0.579. The van der Waals surface area contributed by atoms with Gasteiger partial charge in [-0.1, -0.05) is 26.0 Å². The smallest absolute Gasteiger partial charge is 0.224 e. The largest absolute Gasteiger partial charge is 0.343 e. The number of benzene rings is 1. The fourth-order valence-corrected chi connectivity index (χ4v) is 2.63. The lowest BCUT2D eigenvalue weighted by Gasteiger charge is -2.25. The van der Waals surface area contributed by atoms with Crippen LogP contribution in [0.25, 0.3) is 0 Å². The summed E-state index contributed by atoms with van der Waals surface area (Å²) in [6.45, 7) is 8.13. The number of carbonyl (C=O) groups excluding carboxylic acids is 2. The maximum Gasteiger partial charge on any atom is 0.224 e. The summed E-state index contributed by atoms with van der Waals surface area (Å²) in [6, 6.07) is 6.29. The van der Waals surface area contributed by atoms with Crippen molar-refractivity contribution in [3.63, 3.8) is 0 Å². The van der Waals surface area contributed by atoms with E-state index in [1.807, 2.05) is 4.90 Å². The number of amides is 2. The van der Waals surface area contributed by atoms with Crippen LogP contribution in [-0.2, 0) is 16.0 Å². The van der Waals surface area contributed by atoms with E-state index in [2.05, 4.69) is 13.8 Å². The summed E-state index contributed by atoms with van der Waals surface area (Å²) < 4.78 is 12.9. The molecule has 1 aromatic rings. The lowest BCUT2D eigenvalue weighted by molar-refractivity contribution is -0.133. The first-order valence-electron chi connectivity index (χ1n) is 8.75. The highest BCUT2D eigenvalue weighted by molar-refractivity contribution is 5.78. The lowest BCUT2D eigenvalue weighted by atomic mass is 10.1. The van der Waals surface area contributed by atoms with Crippen LogP contribution in [0, 0.1) is 5.82 Å². The second kappa shape index (κ2) is 10.8. The van der Waals surface area contributed by atoms with Gasteiger partial charge in [-0.2, -0.15) is 0 Å². The van der Waals surface area contributed by atoms with Gasteiger partial charge in [0.05, 0.1) is 0 Å². The van der Waals surface area contributed by atoms with Crippen molar-refractivity contribution in [1.82, 2.24) is 9.80 Å². The molecule has 0 radical (unpaired) electrons. The predicted molar refractivity (Wildman–Crippen MR) is 94.1 cm³/mol. The van der Waals surface area contributed by atoms with Crippen molar-refractivity contribution in [3.05, 3.63) is 35.6 Å². The molecule has 1 rings (SSSR count). The van der Waals surface area contributed by atoms with Gasteiger partial charge in [-0.3, -0.25) is 9.59 Å². The van der Waals surface area contributed by atoms with Gasteiger partial charge >= 0.3 is 0 Å². The van der Waals surface area contributed by atoms with Gasteiger partial charge in [0.25, 0.3) is 0 Å². The molecule has 134 valence electrons. The molecule has 1 aromatic carbocycles. The normalized spacial score (nSPS) is 10.5. The Kier molecular flexibility index (Phi) is 9.05. The topological polar surface area (TPSA) is 40.6 Å². The Balaban J connectivity index is 2.51. The van der Waals surface area contributed by atoms with E-state index in [1.165, 1.54) is 19.1 Å². The molecule has 0 atom stereocenters. The van der Waals surface area contributed by atoms with Crippen molar-refractivity contribution < 1.29 is 14.0 Å².